The van der Waals surface area contributed by atoms with Crippen molar-refractivity contribution in [1.29, 1.82) is 0 Å². The molecule has 10 N–H and O–H groups in total. The minimum absolute atomic E-state index is 0.0960. The molecule has 1 aliphatic rings. The van der Waals surface area contributed by atoms with E-state index < -0.39 is 54.0 Å². The summed E-state index contributed by atoms with van der Waals surface area (Å²) in [5, 5.41) is 24.5. The lowest BCUT2D eigenvalue weighted by Gasteiger charge is -2.31. The Morgan fingerprint density at radius 3 is 2.44 bits per heavy atom. The molecular formula is C20H37N7O6S. The van der Waals surface area contributed by atoms with Gasteiger partial charge in [-0.2, -0.15) is 11.8 Å². The van der Waals surface area contributed by atoms with Crippen molar-refractivity contribution in [3.63, 3.8) is 0 Å². The summed E-state index contributed by atoms with van der Waals surface area (Å²) < 4.78 is 0. The van der Waals surface area contributed by atoms with Crippen LogP contribution in [0.4, 0.5) is 0 Å². The van der Waals surface area contributed by atoms with Gasteiger partial charge >= 0.3 is 5.97 Å². The molecule has 1 fully saturated rings. The maximum absolute atomic E-state index is 13.1. The van der Waals surface area contributed by atoms with Crippen molar-refractivity contribution >= 4 is 41.4 Å². The molecule has 0 aromatic carbocycles. The molecule has 0 spiro atoms. The summed E-state index contributed by atoms with van der Waals surface area (Å²) in [6.07, 6.45) is 2.32. The van der Waals surface area contributed by atoms with Gasteiger partial charge in [-0.15, -0.1) is 0 Å². The van der Waals surface area contributed by atoms with Gasteiger partial charge in [-0.3, -0.25) is 19.4 Å². The molecule has 14 heteroatoms. The number of guanidine groups is 1. The number of likely N-dealkylation sites (tertiary alicyclic amines) is 1. The van der Waals surface area contributed by atoms with E-state index >= 15 is 0 Å². The monoisotopic (exact) mass is 503 g/mol. The number of aliphatic carboxylic acids is 1. The minimum atomic E-state index is -1.28. The first-order valence-corrected chi connectivity index (χ1v) is 12.5. The Balaban J connectivity index is 2.83. The Morgan fingerprint density at radius 2 is 1.88 bits per heavy atom. The lowest BCUT2D eigenvalue weighted by molar-refractivity contribution is -0.146. The molecule has 0 saturated carbocycles. The molecule has 0 aromatic heterocycles. The topological polar surface area (TPSA) is 226 Å². The number of carbonyl (C=O) groups is 4. The third-order valence-electron chi connectivity index (χ3n) is 5.41. The zero-order valence-electron chi connectivity index (χ0n) is 19.6. The molecule has 194 valence electrons. The van der Waals surface area contributed by atoms with Crippen LogP contribution in [-0.2, 0) is 19.2 Å². The largest absolute Gasteiger partial charge is 0.480 e. The number of nitrogens with zero attached hydrogens (tertiary/aromatic N) is 2. The average molecular weight is 504 g/mol. The number of hydrogen-bond donors (Lipinski definition) is 7. The number of rotatable bonds is 14. The van der Waals surface area contributed by atoms with Crippen molar-refractivity contribution in [3.05, 3.63) is 0 Å². The van der Waals surface area contributed by atoms with Crippen molar-refractivity contribution in [3.8, 4) is 0 Å². The SMILES string of the molecule is CSCCC(N)C(=O)NC(C(=O)N1CCCC1C(=O)NC(CCCN=C(N)N)C(=O)O)C(C)O. The molecule has 34 heavy (non-hydrogen) atoms. The lowest BCUT2D eigenvalue weighted by atomic mass is 10.1. The molecule has 1 rings (SSSR count). The van der Waals surface area contributed by atoms with Gasteiger partial charge in [0, 0.05) is 13.1 Å². The first-order valence-electron chi connectivity index (χ1n) is 11.1. The van der Waals surface area contributed by atoms with Crippen LogP contribution in [0, 0.1) is 0 Å². The molecule has 5 unspecified atom stereocenters. The molecular weight excluding hydrogens is 466 g/mol. The van der Waals surface area contributed by atoms with Gasteiger partial charge in [0.1, 0.15) is 18.1 Å². The van der Waals surface area contributed by atoms with Gasteiger partial charge in [0.05, 0.1) is 12.1 Å². The third kappa shape index (κ3) is 9.35. The highest BCUT2D eigenvalue weighted by atomic mass is 32.2. The number of carboxylic acids is 1. The highest BCUT2D eigenvalue weighted by Crippen LogP contribution is 2.20. The van der Waals surface area contributed by atoms with E-state index in [4.69, 9.17) is 17.2 Å². The molecule has 13 nitrogen and oxygen atoms in total. The van der Waals surface area contributed by atoms with E-state index in [-0.39, 0.29) is 25.5 Å². The first-order chi connectivity index (χ1) is 16.0. The minimum Gasteiger partial charge on any atom is -0.480 e. The van der Waals surface area contributed by atoms with E-state index in [9.17, 15) is 29.4 Å². The van der Waals surface area contributed by atoms with E-state index in [1.54, 1.807) is 0 Å². The number of carbonyl (C=O) groups excluding carboxylic acids is 3. The van der Waals surface area contributed by atoms with Gasteiger partial charge in [-0.1, -0.05) is 0 Å². The molecule has 5 atom stereocenters. The number of aliphatic hydroxyl groups is 1. The van der Waals surface area contributed by atoms with Crippen LogP contribution in [0.25, 0.3) is 0 Å². The van der Waals surface area contributed by atoms with Crippen LogP contribution in [0.15, 0.2) is 4.99 Å². The van der Waals surface area contributed by atoms with Crippen LogP contribution in [0.2, 0.25) is 0 Å². The summed E-state index contributed by atoms with van der Waals surface area (Å²) >= 11 is 1.53. The van der Waals surface area contributed by atoms with Gasteiger partial charge < -0.3 is 42.9 Å². The van der Waals surface area contributed by atoms with Gasteiger partial charge in [-0.05, 0) is 51.0 Å². The maximum Gasteiger partial charge on any atom is 0.326 e. The highest BCUT2D eigenvalue weighted by molar-refractivity contribution is 7.98. The predicted molar refractivity (Wildman–Crippen MR) is 129 cm³/mol. The Morgan fingerprint density at radius 1 is 1.21 bits per heavy atom. The second-order valence-corrected chi connectivity index (χ2v) is 9.14. The van der Waals surface area contributed by atoms with E-state index in [1.807, 2.05) is 6.26 Å². The standard InChI is InChI=1S/C20H37N7O6S/c1-11(28)15(26-16(29)12(21)7-10-34-2)18(31)27-9-4-6-14(27)17(30)25-13(19(32)33)5-3-8-24-20(22)23/h11-15,28H,3-10,21H2,1-2H3,(H,25,30)(H,26,29)(H,32,33)(H4,22,23,24). The summed E-state index contributed by atoms with van der Waals surface area (Å²) in [5.41, 5.74) is 16.3. The number of nitrogens with two attached hydrogens (primary N) is 3. The zero-order valence-corrected chi connectivity index (χ0v) is 20.4. The van der Waals surface area contributed by atoms with Crippen molar-refractivity contribution in [2.75, 3.05) is 25.1 Å². The molecule has 0 aromatic rings. The Kier molecular flexibility index (Phi) is 12.7. The number of aliphatic imine (C=N–C) groups is 1. The maximum atomic E-state index is 13.1. The smallest absolute Gasteiger partial charge is 0.326 e. The van der Waals surface area contributed by atoms with Crippen molar-refractivity contribution < 1.29 is 29.4 Å². The van der Waals surface area contributed by atoms with Crippen LogP contribution in [-0.4, -0.2) is 100 Å². The molecule has 0 bridgehead atoms. The molecule has 1 aliphatic heterocycles. The number of amides is 3. The van der Waals surface area contributed by atoms with Gasteiger partial charge in [0.25, 0.3) is 0 Å². The lowest BCUT2D eigenvalue weighted by Crippen LogP contribution is -2.59. The van der Waals surface area contributed by atoms with Gasteiger partial charge in [0.15, 0.2) is 5.96 Å². The highest BCUT2D eigenvalue weighted by Gasteiger charge is 2.40. The van der Waals surface area contributed by atoms with Crippen LogP contribution in [0.3, 0.4) is 0 Å². The molecule has 0 radical (unpaired) electrons. The zero-order chi connectivity index (χ0) is 25.8. The number of carboxylic acid groups (broad SMARTS) is 1. The molecule has 1 heterocycles. The summed E-state index contributed by atoms with van der Waals surface area (Å²) in [5.74, 6) is -2.49. The number of thioether (sulfide) groups is 1. The fraction of sp³-hybridized carbons (Fsp3) is 0.750. The van der Waals surface area contributed by atoms with Crippen LogP contribution in [0.1, 0.15) is 39.0 Å². The normalized spacial score (nSPS) is 18.9. The Bertz CT molecular complexity index is 747. The van der Waals surface area contributed by atoms with Crippen LogP contribution in [0.5, 0.6) is 0 Å². The third-order valence-corrected chi connectivity index (χ3v) is 6.06. The van der Waals surface area contributed by atoms with E-state index in [2.05, 4.69) is 15.6 Å². The number of hydrogen-bond acceptors (Lipinski definition) is 8. The fourth-order valence-electron chi connectivity index (χ4n) is 3.54. The van der Waals surface area contributed by atoms with Crippen LogP contribution < -0.4 is 27.8 Å². The van der Waals surface area contributed by atoms with Crippen molar-refractivity contribution in [2.24, 2.45) is 22.2 Å². The second kappa shape index (κ2) is 14.6. The summed E-state index contributed by atoms with van der Waals surface area (Å²) in [4.78, 5) is 55.0. The summed E-state index contributed by atoms with van der Waals surface area (Å²) in [6, 6.07) is -4.22. The Labute approximate surface area is 203 Å². The molecule has 3 amide bonds. The first kappa shape index (κ1) is 29.5. The van der Waals surface area contributed by atoms with Crippen molar-refractivity contribution in [2.45, 2.75) is 69.3 Å². The molecule has 0 aliphatic carbocycles. The van der Waals surface area contributed by atoms with Crippen LogP contribution >= 0.6 is 11.8 Å². The van der Waals surface area contributed by atoms with Gasteiger partial charge in [-0.25, -0.2) is 4.79 Å². The summed E-state index contributed by atoms with van der Waals surface area (Å²) in [6.45, 7) is 1.81. The summed E-state index contributed by atoms with van der Waals surface area (Å²) in [7, 11) is 0. The van der Waals surface area contributed by atoms with Crippen molar-refractivity contribution in [1.82, 2.24) is 15.5 Å². The Hall–Kier alpha value is -2.58. The van der Waals surface area contributed by atoms with E-state index in [0.29, 0.717) is 31.4 Å². The fourth-order valence-corrected chi connectivity index (χ4v) is 4.03. The average Bonchev–Trinajstić information content (AvgIpc) is 3.26. The number of aliphatic hydroxyl groups excluding tert-OH is 1. The predicted octanol–water partition coefficient (Wildman–Crippen LogP) is -2.45. The molecule has 1 saturated heterocycles. The van der Waals surface area contributed by atoms with E-state index in [1.165, 1.54) is 23.6 Å². The second-order valence-electron chi connectivity index (χ2n) is 8.15. The number of nitrogens with one attached hydrogen (secondary N) is 2. The van der Waals surface area contributed by atoms with E-state index in [0.717, 1.165) is 0 Å². The quantitative estimate of drug-likeness (QED) is 0.0751. The van der Waals surface area contributed by atoms with Gasteiger partial charge in [0.2, 0.25) is 17.7 Å².